The maximum absolute atomic E-state index is 13.1. The van der Waals surface area contributed by atoms with E-state index in [9.17, 15) is 14.0 Å². The number of carbonyl (C=O) groups excluding carboxylic acids is 1. The average Bonchev–Trinajstić information content (AvgIpc) is 2.33. The van der Waals surface area contributed by atoms with E-state index < -0.39 is 24.4 Å². The Morgan fingerprint density at radius 2 is 2.16 bits per heavy atom. The average molecular weight is 291 g/mol. The monoisotopic (exact) mass is 290 g/mol. The molecule has 0 aliphatic rings. The van der Waals surface area contributed by atoms with Gasteiger partial charge in [0.25, 0.3) is 0 Å². The van der Waals surface area contributed by atoms with Crippen LogP contribution in [0, 0.1) is 5.82 Å². The van der Waals surface area contributed by atoms with Crippen LogP contribution in [0.15, 0.2) is 18.2 Å². The van der Waals surface area contributed by atoms with E-state index in [1.165, 1.54) is 12.1 Å². The number of hydrogen-bond acceptors (Lipinski definition) is 3. The zero-order valence-electron chi connectivity index (χ0n) is 9.78. The molecule has 8 heteroatoms. The Morgan fingerprint density at radius 3 is 2.79 bits per heavy atom. The van der Waals surface area contributed by atoms with Crippen molar-refractivity contribution in [2.24, 2.45) is 0 Å². The van der Waals surface area contributed by atoms with Gasteiger partial charge in [-0.2, -0.15) is 0 Å². The van der Waals surface area contributed by atoms with Crippen molar-refractivity contribution < 1.29 is 23.8 Å². The van der Waals surface area contributed by atoms with E-state index in [0.29, 0.717) is 0 Å². The zero-order chi connectivity index (χ0) is 14.3. The van der Waals surface area contributed by atoms with E-state index in [2.05, 4.69) is 10.6 Å². The molecular formula is C11H12ClFN2O4. The summed E-state index contributed by atoms with van der Waals surface area (Å²) in [6, 6.07) is 3.30. The Labute approximate surface area is 113 Å². The number of halogens is 2. The van der Waals surface area contributed by atoms with Gasteiger partial charge >= 0.3 is 12.0 Å². The Bertz CT molecular complexity index is 470. The van der Waals surface area contributed by atoms with Crippen LogP contribution in [-0.2, 0) is 9.53 Å². The van der Waals surface area contributed by atoms with Crippen LogP contribution in [0.25, 0.3) is 0 Å². The number of carboxylic acids is 1. The topological polar surface area (TPSA) is 87.7 Å². The molecule has 0 radical (unpaired) electrons. The fourth-order valence-corrected chi connectivity index (χ4v) is 1.26. The molecular weight excluding hydrogens is 279 g/mol. The fourth-order valence-electron chi connectivity index (χ4n) is 1.15. The first-order chi connectivity index (χ1) is 8.99. The summed E-state index contributed by atoms with van der Waals surface area (Å²) >= 11 is 5.49. The second kappa shape index (κ2) is 7.55. The van der Waals surface area contributed by atoms with Gasteiger partial charge in [0, 0.05) is 12.2 Å². The van der Waals surface area contributed by atoms with Crippen LogP contribution in [0.4, 0.5) is 14.9 Å². The Hall–Kier alpha value is -1.86. The number of amides is 2. The van der Waals surface area contributed by atoms with Gasteiger partial charge in [0.15, 0.2) is 0 Å². The lowest BCUT2D eigenvalue weighted by atomic mass is 10.3. The molecule has 3 N–H and O–H groups in total. The molecule has 1 aromatic carbocycles. The van der Waals surface area contributed by atoms with Crippen molar-refractivity contribution >= 4 is 29.3 Å². The molecule has 1 rings (SSSR count). The van der Waals surface area contributed by atoms with Crippen LogP contribution in [0.3, 0.4) is 0 Å². The number of aliphatic carboxylic acids is 1. The van der Waals surface area contributed by atoms with E-state index in [0.717, 1.165) is 6.07 Å². The second-order valence-electron chi connectivity index (χ2n) is 3.46. The first-order valence-corrected chi connectivity index (χ1v) is 5.66. The van der Waals surface area contributed by atoms with E-state index in [1.807, 2.05) is 0 Å². The summed E-state index contributed by atoms with van der Waals surface area (Å²) < 4.78 is 17.8. The third kappa shape index (κ3) is 6.03. The highest BCUT2D eigenvalue weighted by molar-refractivity contribution is 6.30. The standard InChI is InChI=1S/C11H12ClFN2O4/c12-8-2-1-7(5-9(8)13)15-11(18)14-3-4-19-6-10(16)17/h1-2,5H,3-4,6H2,(H,16,17)(H2,14,15,18). The van der Waals surface area contributed by atoms with Crippen LogP contribution in [0.5, 0.6) is 0 Å². The molecule has 104 valence electrons. The molecule has 2 amide bonds. The van der Waals surface area contributed by atoms with E-state index in [-0.39, 0.29) is 23.9 Å². The highest BCUT2D eigenvalue weighted by Gasteiger charge is 2.04. The van der Waals surface area contributed by atoms with Gasteiger partial charge in [0.05, 0.1) is 11.6 Å². The van der Waals surface area contributed by atoms with Crippen molar-refractivity contribution in [3.05, 3.63) is 29.0 Å². The summed E-state index contributed by atoms with van der Waals surface area (Å²) in [6.07, 6.45) is 0. The summed E-state index contributed by atoms with van der Waals surface area (Å²) in [5.41, 5.74) is 0.255. The predicted octanol–water partition coefficient (Wildman–Crippen LogP) is 1.70. The van der Waals surface area contributed by atoms with Crippen LogP contribution in [0.1, 0.15) is 0 Å². The highest BCUT2D eigenvalue weighted by atomic mass is 35.5. The molecule has 0 spiro atoms. The van der Waals surface area contributed by atoms with Crippen LogP contribution in [0.2, 0.25) is 5.02 Å². The molecule has 6 nitrogen and oxygen atoms in total. The number of anilines is 1. The molecule has 0 bridgehead atoms. The molecule has 1 aromatic rings. The first-order valence-electron chi connectivity index (χ1n) is 5.28. The van der Waals surface area contributed by atoms with Crippen molar-refractivity contribution in [3.8, 4) is 0 Å². The zero-order valence-corrected chi connectivity index (χ0v) is 10.5. The lowest BCUT2D eigenvalue weighted by Gasteiger charge is -2.08. The number of nitrogens with one attached hydrogen (secondary N) is 2. The third-order valence-corrected chi connectivity index (χ3v) is 2.24. The number of ether oxygens (including phenoxy) is 1. The third-order valence-electron chi connectivity index (χ3n) is 1.93. The van der Waals surface area contributed by atoms with Crippen molar-refractivity contribution in [1.82, 2.24) is 5.32 Å². The van der Waals surface area contributed by atoms with Gasteiger partial charge in [0.1, 0.15) is 12.4 Å². The van der Waals surface area contributed by atoms with E-state index >= 15 is 0 Å². The van der Waals surface area contributed by atoms with Gasteiger partial charge in [-0.1, -0.05) is 11.6 Å². The van der Waals surface area contributed by atoms with Gasteiger partial charge in [-0.05, 0) is 18.2 Å². The SMILES string of the molecule is O=C(O)COCCNC(=O)Nc1ccc(Cl)c(F)c1. The lowest BCUT2D eigenvalue weighted by Crippen LogP contribution is -2.32. The number of urea groups is 1. The second-order valence-corrected chi connectivity index (χ2v) is 3.86. The van der Waals surface area contributed by atoms with E-state index in [1.54, 1.807) is 0 Å². The summed E-state index contributed by atoms with van der Waals surface area (Å²) in [5.74, 6) is -1.72. The minimum atomic E-state index is -1.08. The molecule has 0 saturated heterocycles. The maximum Gasteiger partial charge on any atom is 0.329 e. The molecule has 0 atom stereocenters. The Kier molecular flexibility index (Phi) is 6.04. The molecule has 0 aliphatic heterocycles. The molecule has 0 fully saturated rings. The normalized spacial score (nSPS) is 10.0. The molecule has 0 heterocycles. The fraction of sp³-hybridized carbons (Fsp3) is 0.273. The molecule has 0 unspecified atom stereocenters. The molecule has 19 heavy (non-hydrogen) atoms. The Morgan fingerprint density at radius 1 is 1.42 bits per heavy atom. The lowest BCUT2D eigenvalue weighted by molar-refractivity contribution is -0.142. The van der Waals surface area contributed by atoms with Crippen LogP contribution >= 0.6 is 11.6 Å². The number of rotatable bonds is 6. The molecule has 0 aromatic heterocycles. The van der Waals surface area contributed by atoms with Crippen molar-refractivity contribution in [1.29, 1.82) is 0 Å². The van der Waals surface area contributed by atoms with Crippen molar-refractivity contribution in [2.45, 2.75) is 0 Å². The van der Waals surface area contributed by atoms with Crippen molar-refractivity contribution in [2.75, 3.05) is 25.1 Å². The smallest absolute Gasteiger partial charge is 0.329 e. The van der Waals surface area contributed by atoms with Crippen LogP contribution in [-0.4, -0.2) is 36.9 Å². The number of benzene rings is 1. The highest BCUT2D eigenvalue weighted by Crippen LogP contribution is 2.18. The quantitative estimate of drug-likeness (QED) is 0.696. The van der Waals surface area contributed by atoms with E-state index in [4.69, 9.17) is 21.4 Å². The number of carboxylic acid groups (broad SMARTS) is 1. The predicted molar refractivity (Wildman–Crippen MR) is 66.9 cm³/mol. The van der Waals surface area contributed by atoms with Gasteiger partial charge in [0.2, 0.25) is 0 Å². The summed E-state index contributed by atoms with van der Waals surface area (Å²) in [7, 11) is 0. The van der Waals surface area contributed by atoms with Crippen molar-refractivity contribution in [3.63, 3.8) is 0 Å². The minimum absolute atomic E-state index is 0.0342. The van der Waals surface area contributed by atoms with Gasteiger partial charge in [-0.25, -0.2) is 14.0 Å². The summed E-state index contributed by atoms with van der Waals surface area (Å²) in [5, 5.41) is 13.1. The first kappa shape index (κ1) is 15.2. The maximum atomic E-state index is 13.1. The largest absolute Gasteiger partial charge is 0.480 e. The van der Waals surface area contributed by atoms with Gasteiger partial charge < -0.3 is 20.5 Å². The minimum Gasteiger partial charge on any atom is -0.480 e. The number of carbonyl (C=O) groups is 2. The summed E-state index contributed by atoms with van der Waals surface area (Å²) in [4.78, 5) is 21.5. The molecule has 0 aliphatic carbocycles. The summed E-state index contributed by atoms with van der Waals surface area (Å²) in [6.45, 7) is -0.227. The number of hydrogen-bond donors (Lipinski definition) is 3. The van der Waals surface area contributed by atoms with Gasteiger partial charge in [-0.15, -0.1) is 0 Å². The molecule has 0 saturated carbocycles. The Balaban J connectivity index is 2.27. The van der Waals surface area contributed by atoms with Gasteiger partial charge in [-0.3, -0.25) is 0 Å². The van der Waals surface area contributed by atoms with Crippen LogP contribution < -0.4 is 10.6 Å².